The van der Waals surface area contributed by atoms with Crippen LogP contribution in [0.2, 0.25) is 0 Å². The van der Waals surface area contributed by atoms with Gasteiger partial charge in [0.25, 0.3) is 0 Å². The summed E-state index contributed by atoms with van der Waals surface area (Å²) in [5.41, 5.74) is 1.78. The maximum atomic E-state index is 11.9. The first-order valence-corrected chi connectivity index (χ1v) is 17.7. The van der Waals surface area contributed by atoms with Crippen molar-refractivity contribution in [2.45, 2.75) is 129 Å². The van der Waals surface area contributed by atoms with E-state index in [1.54, 1.807) is 0 Å². The van der Waals surface area contributed by atoms with Crippen molar-refractivity contribution in [2.75, 3.05) is 0 Å². The Balaban J connectivity index is 0.000000480. The van der Waals surface area contributed by atoms with E-state index < -0.39 is 24.0 Å². The first-order valence-electron chi connectivity index (χ1n) is 17.7. The average molecular weight is 663 g/mol. The van der Waals surface area contributed by atoms with Gasteiger partial charge in [-0.15, -0.1) is 0 Å². The second-order valence-corrected chi connectivity index (χ2v) is 12.1. The Hall–Kier alpha value is -4.20. The molecule has 0 saturated carbocycles. The molecule has 2 rings (SSSR count). The fourth-order valence-corrected chi connectivity index (χ4v) is 5.01. The molecule has 0 aliphatic rings. The molecule has 0 radical (unpaired) electrons. The highest BCUT2D eigenvalue weighted by atomic mass is 16.4. The van der Waals surface area contributed by atoms with Crippen molar-refractivity contribution in [3.05, 3.63) is 96.1 Å². The number of hydrogen-bond acceptors (Lipinski definition) is 4. The first kappa shape index (κ1) is 41.8. The van der Waals surface area contributed by atoms with Gasteiger partial charge in [0.15, 0.2) is 0 Å². The third-order valence-corrected chi connectivity index (χ3v) is 7.78. The van der Waals surface area contributed by atoms with E-state index in [1.807, 2.05) is 72.8 Å². The molecule has 0 aliphatic carbocycles. The molecule has 2 aromatic carbocycles. The lowest BCUT2D eigenvalue weighted by Crippen LogP contribution is -2.41. The maximum Gasteiger partial charge on any atom is 0.326 e. The molecule has 0 aliphatic heterocycles. The molecule has 264 valence electrons. The van der Waals surface area contributed by atoms with Crippen LogP contribution < -0.4 is 10.6 Å². The number of allylic oxidation sites excluding steroid dienone is 2. The normalized spacial score (nSPS) is 12.2. The van der Waals surface area contributed by atoms with Crippen LogP contribution in [0, 0.1) is 0 Å². The number of aliphatic carboxylic acids is 2. The fraction of sp³-hybridized carbons (Fsp3) is 0.500. The van der Waals surface area contributed by atoms with Crippen LogP contribution in [0.3, 0.4) is 0 Å². The Morgan fingerprint density at radius 1 is 0.542 bits per heavy atom. The van der Waals surface area contributed by atoms with Gasteiger partial charge in [0.05, 0.1) is 0 Å². The summed E-state index contributed by atoms with van der Waals surface area (Å²) in [7, 11) is 0. The minimum absolute atomic E-state index is 0.285. The summed E-state index contributed by atoms with van der Waals surface area (Å²) >= 11 is 0. The van der Waals surface area contributed by atoms with Gasteiger partial charge >= 0.3 is 11.9 Å². The number of unbranched alkanes of at least 4 members (excludes halogenated alkanes) is 12. The minimum atomic E-state index is -1.02. The lowest BCUT2D eigenvalue weighted by Gasteiger charge is -2.13. The van der Waals surface area contributed by atoms with E-state index in [0.717, 1.165) is 36.8 Å². The van der Waals surface area contributed by atoms with Gasteiger partial charge in [-0.1, -0.05) is 151 Å². The highest BCUT2D eigenvalue weighted by Gasteiger charge is 2.20. The Morgan fingerprint density at radius 2 is 0.875 bits per heavy atom. The van der Waals surface area contributed by atoms with Crippen LogP contribution >= 0.6 is 0 Å². The number of carbonyl (C=O) groups is 4. The van der Waals surface area contributed by atoms with E-state index in [-0.39, 0.29) is 24.7 Å². The van der Waals surface area contributed by atoms with Crippen LogP contribution in [0.25, 0.3) is 0 Å². The zero-order valence-electron chi connectivity index (χ0n) is 29.1. The van der Waals surface area contributed by atoms with Gasteiger partial charge in [-0.2, -0.15) is 0 Å². The molecule has 8 heteroatoms. The van der Waals surface area contributed by atoms with Crippen LogP contribution in [0.1, 0.15) is 115 Å². The van der Waals surface area contributed by atoms with Gasteiger partial charge in [0, 0.05) is 12.8 Å². The second-order valence-electron chi connectivity index (χ2n) is 12.1. The van der Waals surface area contributed by atoms with Gasteiger partial charge < -0.3 is 20.8 Å². The number of benzene rings is 2. The van der Waals surface area contributed by atoms with Crippen molar-refractivity contribution < 1.29 is 29.4 Å². The number of rotatable bonds is 24. The van der Waals surface area contributed by atoms with E-state index in [0.29, 0.717) is 0 Å². The summed E-state index contributed by atoms with van der Waals surface area (Å²) in [5, 5.41) is 23.6. The largest absolute Gasteiger partial charge is 0.480 e. The molecule has 0 spiro atoms. The molecule has 0 unspecified atom stereocenters. The zero-order chi connectivity index (χ0) is 35.2. The quantitative estimate of drug-likeness (QED) is 0.0662. The van der Waals surface area contributed by atoms with Crippen molar-refractivity contribution in [1.82, 2.24) is 10.6 Å². The number of carbonyl (C=O) groups excluding carboxylic acids is 2. The summed E-state index contributed by atoms with van der Waals surface area (Å²) < 4.78 is 0. The SMILES string of the molecule is CCCCCCCC/C=C/C(=O)N[C@@H](Cc1ccccc1)C(=O)O.CCCCCCCC/C=C/C(=O)N[C@@H](Cc1ccccc1)C(=O)O. The van der Waals surface area contributed by atoms with E-state index >= 15 is 0 Å². The molecule has 48 heavy (non-hydrogen) atoms. The van der Waals surface area contributed by atoms with Crippen LogP contribution in [-0.2, 0) is 32.0 Å². The lowest BCUT2D eigenvalue weighted by atomic mass is 10.1. The van der Waals surface area contributed by atoms with Gasteiger partial charge in [0.1, 0.15) is 12.1 Å². The average Bonchev–Trinajstić information content (AvgIpc) is 3.07. The van der Waals surface area contributed by atoms with Gasteiger partial charge in [0.2, 0.25) is 11.8 Å². The first-order chi connectivity index (χ1) is 23.3. The van der Waals surface area contributed by atoms with Crippen LogP contribution in [0.5, 0.6) is 0 Å². The maximum absolute atomic E-state index is 11.9. The number of carboxylic acid groups (broad SMARTS) is 2. The monoisotopic (exact) mass is 662 g/mol. The summed E-state index contributed by atoms with van der Waals surface area (Å²) in [6.45, 7) is 4.40. The number of amides is 2. The topological polar surface area (TPSA) is 133 Å². The highest BCUT2D eigenvalue weighted by Crippen LogP contribution is 2.09. The van der Waals surface area contributed by atoms with E-state index in [1.165, 1.54) is 76.4 Å². The Morgan fingerprint density at radius 3 is 1.21 bits per heavy atom. The Kier molecular flexibility index (Phi) is 24.3. The predicted molar refractivity (Wildman–Crippen MR) is 194 cm³/mol. The molecule has 2 amide bonds. The predicted octanol–water partition coefficient (Wildman–Crippen LogP) is 8.21. The number of nitrogens with one attached hydrogen (secondary N) is 2. The van der Waals surface area contributed by atoms with Crippen LogP contribution in [0.15, 0.2) is 85.0 Å². The third-order valence-electron chi connectivity index (χ3n) is 7.78. The van der Waals surface area contributed by atoms with Crippen molar-refractivity contribution in [3.8, 4) is 0 Å². The highest BCUT2D eigenvalue weighted by molar-refractivity contribution is 5.91. The third kappa shape index (κ3) is 22.3. The van der Waals surface area contributed by atoms with E-state index in [9.17, 15) is 29.4 Å². The van der Waals surface area contributed by atoms with Gasteiger partial charge in [-0.05, 0) is 49.0 Å². The van der Waals surface area contributed by atoms with Gasteiger partial charge in [-0.25, -0.2) is 9.59 Å². The van der Waals surface area contributed by atoms with E-state index in [4.69, 9.17) is 0 Å². The molecular formula is C40H58N2O6. The van der Waals surface area contributed by atoms with Crippen LogP contribution in [0.4, 0.5) is 0 Å². The molecule has 0 bridgehead atoms. The smallest absolute Gasteiger partial charge is 0.326 e. The van der Waals surface area contributed by atoms with Gasteiger partial charge in [-0.3, -0.25) is 9.59 Å². The molecule has 0 heterocycles. The summed E-state index contributed by atoms with van der Waals surface area (Å²) in [6, 6.07) is 16.8. The Bertz CT molecular complexity index is 1120. The number of hydrogen-bond donors (Lipinski definition) is 4. The summed E-state index contributed by atoms with van der Waals surface area (Å²) in [6.07, 6.45) is 23.4. The minimum Gasteiger partial charge on any atom is -0.480 e. The molecule has 2 aromatic rings. The Labute approximate surface area is 288 Å². The molecular weight excluding hydrogens is 604 g/mol. The summed E-state index contributed by atoms with van der Waals surface area (Å²) in [4.78, 5) is 46.3. The van der Waals surface area contributed by atoms with E-state index in [2.05, 4.69) is 24.5 Å². The molecule has 2 atom stereocenters. The fourth-order valence-electron chi connectivity index (χ4n) is 5.01. The van der Waals surface area contributed by atoms with Crippen molar-refractivity contribution >= 4 is 23.8 Å². The standard InChI is InChI=1S/2C20H29NO3/c2*1-2-3-4-5-6-7-8-12-15-19(22)21-18(20(23)24)16-17-13-10-9-11-14-17/h2*9-15,18H,2-8,16H2,1H3,(H,21,22)(H,23,24)/b2*15-12+/t2*18-/m00/s1. The molecule has 8 nitrogen and oxygen atoms in total. The van der Waals surface area contributed by atoms with Crippen LogP contribution in [-0.4, -0.2) is 46.0 Å². The molecule has 0 fully saturated rings. The zero-order valence-corrected chi connectivity index (χ0v) is 29.1. The van der Waals surface area contributed by atoms with Crippen molar-refractivity contribution in [3.63, 3.8) is 0 Å². The molecule has 0 aromatic heterocycles. The molecule has 0 saturated heterocycles. The summed E-state index contributed by atoms with van der Waals surface area (Å²) in [5.74, 6) is -2.72. The number of carboxylic acids is 2. The van der Waals surface area contributed by atoms with Crippen molar-refractivity contribution in [2.24, 2.45) is 0 Å². The molecule has 4 N–H and O–H groups in total. The lowest BCUT2D eigenvalue weighted by molar-refractivity contribution is -0.141. The second kappa shape index (κ2) is 27.9. The van der Waals surface area contributed by atoms with Crippen molar-refractivity contribution in [1.29, 1.82) is 0 Å².